The van der Waals surface area contributed by atoms with Crippen molar-refractivity contribution in [1.29, 1.82) is 0 Å². The van der Waals surface area contributed by atoms with Gasteiger partial charge in [0.05, 0.1) is 11.3 Å². The molecule has 0 aliphatic heterocycles. The molecular formula is C28H29FN4O3S2. The summed E-state index contributed by atoms with van der Waals surface area (Å²) < 4.78 is 16.3. The number of fused-ring (bicyclic) bond motifs is 3. The highest BCUT2D eigenvalue weighted by Gasteiger charge is 2.19. The quantitative estimate of drug-likeness (QED) is 0.205. The van der Waals surface area contributed by atoms with Crippen LogP contribution >= 0.6 is 23.1 Å². The van der Waals surface area contributed by atoms with Gasteiger partial charge in [0.1, 0.15) is 10.5 Å². The first-order valence-electron chi connectivity index (χ1n) is 12.9. The van der Waals surface area contributed by atoms with Gasteiger partial charge in [-0.2, -0.15) is 0 Å². The lowest BCUT2D eigenvalue weighted by Gasteiger charge is -2.22. The number of thiophene rings is 1. The topological polar surface area (TPSA) is 93.1 Å². The van der Waals surface area contributed by atoms with Crippen molar-refractivity contribution in [3.8, 4) is 0 Å². The highest BCUT2D eigenvalue weighted by Crippen LogP contribution is 2.32. The summed E-state index contributed by atoms with van der Waals surface area (Å²) >= 11 is 2.58. The lowest BCUT2D eigenvalue weighted by Crippen LogP contribution is -2.36. The molecule has 0 atom stereocenters. The van der Waals surface area contributed by atoms with Crippen LogP contribution in [0.3, 0.4) is 0 Å². The van der Waals surface area contributed by atoms with Gasteiger partial charge in [-0.3, -0.25) is 19.0 Å². The van der Waals surface area contributed by atoms with E-state index >= 15 is 0 Å². The third kappa shape index (κ3) is 6.24. The van der Waals surface area contributed by atoms with Gasteiger partial charge in [-0.25, -0.2) is 9.37 Å². The average molecular weight is 553 g/mol. The largest absolute Gasteiger partial charge is 0.353 e. The standard InChI is InChI=1S/C28H29FN4O3S2/c29-18-12-14-20(15-13-18)31-24(35)17-37-28-32-25-21-9-4-5-10-22(21)38-26(25)27(36)33(28)16-6-11-23(34)30-19-7-2-1-3-8-19/h4-5,9-10,12-15,19H,1-3,6-8,11,16-17H2,(H,30,34)(H,31,35). The molecule has 38 heavy (non-hydrogen) atoms. The van der Waals surface area contributed by atoms with Gasteiger partial charge in [-0.15, -0.1) is 11.3 Å². The predicted octanol–water partition coefficient (Wildman–Crippen LogP) is 5.71. The third-order valence-electron chi connectivity index (χ3n) is 6.66. The maximum atomic E-state index is 13.6. The summed E-state index contributed by atoms with van der Waals surface area (Å²) in [7, 11) is 0. The lowest BCUT2D eigenvalue weighted by molar-refractivity contribution is -0.122. The van der Waals surface area contributed by atoms with Gasteiger partial charge >= 0.3 is 0 Å². The fourth-order valence-electron chi connectivity index (χ4n) is 4.77. The zero-order valence-corrected chi connectivity index (χ0v) is 22.5. The molecule has 1 aliphatic rings. The molecule has 0 spiro atoms. The molecule has 2 aromatic heterocycles. The van der Waals surface area contributed by atoms with Crippen molar-refractivity contribution in [2.75, 3.05) is 11.1 Å². The number of hydrogen-bond acceptors (Lipinski definition) is 6. The average Bonchev–Trinajstić information content (AvgIpc) is 3.30. The van der Waals surface area contributed by atoms with E-state index in [1.807, 2.05) is 24.3 Å². The zero-order chi connectivity index (χ0) is 26.5. The second-order valence-electron chi connectivity index (χ2n) is 9.48. The van der Waals surface area contributed by atoms with Crippen molar-refractivity contribution in [2.45, 2.75) is 62.7 Å². The number of hydrogen-bond donors (Lipinski definition) is 2. The number of rotatable bonds is 9. The van der Waals surface area contributed by atoms with E-state index in [1.54, 1.807) is 4.57 Å². The molecule has 1 aliphatic carbocycles. The molecule has 5 rings (SSSR count). The number of carbonyl (C=O) groups is 2. The molecule has 2 amide bonds. The van der Waals surface area contributed by atoms with Crippen LogP contribution in [-0.2, 0) is 16.1 Å². The minimum atomic E-state index is -0.380. The van der Waals surface area contributed by atoms with E-state index in [0.717, 1.165) is 35.8 Å². The Morgan fingerprint density at radius 3 is 2.61 bits per heavy atom. The van der Waals surface area contributed by atoms with Crippen LogP contribution in [-0.4, -0.2) is 33.2 Å². The summed E-state index contributed by atoms with van der Waals surface area (Å²) in [6, 6.07) is 13.5. The normalized spacial score (nSPS) is 14.1. The van der Waals surface area contributed by atoms with Crippen LogP contribution in [0.25, 0.3) is 20.3 Å². The van der Waals surface area contributed by atoms with Gasteiger partial charge in [-0.05, 0) is 49.6 Å². The Balaban J connectivity index is 1.33. The van der Waals surface area contributed by atoms with Gasteiger partial charge < -0.3 is 10.6 Å². The number of nitrogens with one attached hydrogen (secondary N) is 2. The van der Waals surface area contributed by atoms with Gasteiger partial charge in [0.25, 0.3) is 5.56 Å². The van der Waals surface area contributed by atoms with E-state index in [4.69, 9.17) is 4.98 Å². The van der Waals surface area contributed by atoms with Gasteiger partial charge in [-0.1, -0.05) is 49.2 Å². The highest BCUT2D eigenvalue weighted by molar-refractivity contribution is 7.99. The van der Waals surface area contributed by atoms with Crippen LogP contribution in [0.15, 0.2) is 58.5 Å². The fourth-order valence-corrected chi connectivity index (χ4v) is 6.67. The number of aromatic nitrogens is 2. The Morgan fingerprint density at radius 1 is 1.05 bits per heavy atom. The monoisotopic (exact) mass is 552 g/mol. The molecule has 2 aromatic carbocycles. The van der Waals surface area contributed by atoms with E-state index in [1.165, 1.54) is 53.8 Å². The van der Waals surface area contributed by atoms with Crippen molar-refractivity contribution in [1.82, 2.24) is 14.9 Å². The van der Waals surface area contributed by atoms with E-state index in [2.05, 4.69) is 10.6 Å². The van der Waals surface area contributed by atoms with E-state index in [0.29, 0.717) is 40.4 Å². The lowest BCUT2D eigenvalue weighted by atomic mass is 9.95. The molecular weight excluding hydrogens is 523 g/mol. The first-order valence-corrected chi connectivity index (χ1v) is 14.7. The van der Waals surface area contributed by atoms with Crippen molar-refractivity contribution in [3.63, 3.8) is 0 Å². The second-order valence-corrected chi connectivity index (χ2v) is 11.5. The molecule has 1 saturated carbocycles. The Morgan fingerprint density at radius 2 is 1.82 bits per heavy atom. The maximum Gasteiger partial charge on any atom is 0.272 e. The third-order valence-corrected chi connectivity index (χ3v) is 8.79. The van der Waals surface area contributed by atoms with Crippen LogP contribution in [0.1, 0.15) is 44.9 Å². The first kappa shape index (κ1) is 26.4. The summed E-state index contributed by atoms with van der Waals surface area (Å²) in [6.07, 6.45) is 6.39. The van der Waals surface area contributed by atoms with Crippen molar-refractivity contribution in [2.24, 2.45) is 0 Å². The Kier molecular flexibility index (Phi) is 8.38. The van der Waals surface area contributed by atoms with Gasteiger partial charge in [0, 0.05) is 34.8 Å². The Labute approximate surface area is 227 Å². The molecule has 0 saturated heterocycles. The van der Waals surface area contributed by atoms with E-state index in [9.17, 15) is 18.8 Å². The highest BCUT2D eigenvalue weighted by atomic mass is 32.2. The number of halogens is 1. The minimum absolute atomic E-state index is 0.00808. The molecule has 1 fully saturated rings. The summed E-state index contributed by atoms with van der Waals surface area (Å²) in [5.74, 6) is -0.632. The summed E-state index contributed by atoms with van der Waals surface area (Å²) in [5, 5.41) is 7.21. The van der Waals surface area contributed by atoms with Gasteiger partial charge in [0.15, 0.2) is 5.16 Å². The van der Waals surface area contributed by atoms with Crippen LogP contribution in [0.2, 0.25) is 0 Å². The smallest absolute Gasteiger partial charge is 0.272 e. The molecule has 10 heteroatoms. The molecule has 2 heterocycles. The van der Waals surface area contributed by atoms with Gasteiger partial charge in [0.2, 0.25) is 11.8 Å². The van der Waals surface area contributed by atoms with E-state index < -0.39 is 0 Å². The summed E-state index contributed by atoms with van der Waals surface area (Å²) in [4.78, 5) is 43.5. The number of thioether (sulfide) groups is 1. The second kappa shape index (κ2) is 12.1. The Hall–Kier alpha value is -3.24. The zero-order valence-electron chi connectivity index (χ0n) is 20.9. The minimum Gasteiger partial charge on any atom is -0.353 e. The molecule has 7 nitrogen and oxygen atoms in total. The Bertz CT molecular complexity index is 1510. The molecule has 2 N–H and O–H groups in total. The van der Waals surface area contributed by atoms with Crippen molar-refractivity contribution in [3.05, 3.63) is 64.7 Å². The number of amides is 2. The molecule has 0 unspecified atom stereocenters. The number of benzene rings is 2. The fraction of sp³-hybridized carbons (Fsp3) is 0.357. The first-order chi connectivity index (χ1) is 18.5. The number of anilines is 1. The SMILES string of the molecule is O=C(CSc1nc2c(sc3ccccc32)c(=O)n1CCCC(=O)NC1CCCCC1)Nc1ccc(F)cc1. The van der Waals surface area contributed by atoms with Crippen molar-refractivity contribution < 1.29 is 14.0 Å². The predicted molar refractivity (Wildman–Crippen MR) is 151 cm³/mol. The number of nitrogens with zero attached hydrogens (tertiary/aromatic N) is 2. The van der Waals surface area contributed by atoms with E-state index in [-0.39, 0.29) is 35.0 Å². The number of carbonyl (C=O) groups excluding carboxylic acids is 2. The molecule has 0 radical (unpaired) electrons. The van der Waals surface area contributed by atoms with Crippen LogP contribution in [0, 0.1) is 5.82 Å². The van der Waals surface area contributed by atoms with Crippen LogP contribution in [0.5, 0.6) is 0 Å². The van der Waals surface area contributed by atoms with Crippen molar-refractivity contribution >= 4 is 60.9 Å². The maximum absolute atomic E-state index is 13.6. The van der Waals surface area contributed by atoms with Crippen LogP contribution < -0.4 is 16.2 Å². The molecule has 4 aromatic rings. The molecule has 0 bridgehead atoms. The van der Waals surface area contributed by atoms with Crippen LogP contribution in [0.4, 0.5) is 10.1 Å². The summed E-state index contributed by atoms with van der Waals surface area (Å²) in [6.45, 7) is 0.329. The summed E-state index contributed by atoms with van der Waals surface area (Å²) in [5.41, 5.74) is 0.958. The molecule has 198 valence electrons.